The van der Waals surface area contributed by atoms with Crippen molar-refractivity contribution in [3.8, 4) is 11.3 Å². The molecule has 1 aliphatic heterocycles. The summed E-state index contributed by atoms with van der Waals surface area (Å²) in [5.41, 5.74) is 2.01. The Morgan fingerprint density at radius 3 is 2.71 bits per heavy atom. The number of hydrogen-bond acceptors (Lipinski definition) is 8. The summed E-state index contributed by atoms with van der Waals surface area (Å²) >= 11 is 6.11. The third kappa shape index (κ3) is 4.85. The minimum absolute atomic E-state index is 0.0884. The second-order valence-electron chi connectivity index (χ2n) is 7.86. The van der Waals surface area contributed by atoms with Crippen molar-refractivity contribution >= 4 is 44.2 Å². The molecular formula is C22H18ClF2N7O2S. The van der Waals surface area contributed by atoms with Gasteiger partial charge in [0.2, 0.25) is 0 Å². The molecule has 1 saturated heterocycles. The predicted molar refractivity (Wildman–Crippen MR) is 128 cm³/mol. The maximum absolute atomic E-state index is 14.1. The second-order valence-corrected chi connectivity index (χ2v) is 9.87. The lowest BCUT2D eigenvalue weighted by molar-refractivity contribution is 0.551. The SMILES string of the molecule is O=S(=O)(Nc1cc(-c2ccc3ncnc(NC4CCNC4)c3n2)cnc1Cl)c1ccc(F)cc1F. The quantitative estimate of drug-likeness (QED) is 0.332. The van der Waals surface area contributed by atoms with E-state index in [0.717, 1.165) is 31.6 Å². The summed E-state index contributed by atoms with van der Waals surface area (Å²) in [7, 11) is -4.41. The van der Waals surface area contributed by atoms with E-state index in [0.29, 0.717) is 34.2 Å². The zero-order valence-electron chi connectivity index (χ0n) is 18.0. The monoisotopic (exact) mass is 517 g/mol. The molecule has 1 atom stereocenters. The topological polar surface area (TPSA) is 122 Å². The minimum atomic E-state index is -4.41. The Bertz CT molecular complexity index is 1530. The summed E-state index contributed by atoms with van der Waals surface area (Å²) in [5, 5.41) is 6.50. The normalized spacial score (nSPS) is 15.9. The first kappa shape index (κ1) is 23.3. The van der Waals surface area contributed by atoms with E-state index in [1.165, 1.54) is 18.6 Å². The fourth-order valence-electron chi connectivity index (χ4n) is 3.73. The molecule has 0 radical (unpaired) electrons. The highest BCUT2D eigenvalue weighted by Gasteiger charge is 2.22. The fourth-order valence-corrected chi connectivity index (χ4v) is 5.05. The van der Waals surface area contributed by atoms with E-state index >= 15 is 0 Å². The summed E-state index contributed by atoms with van der Waals surface area (Å²) < 4.78 is 54.9. The standard InChI is InChI=1S/C22H18ClF2N7O2S/c23-21-18(32-35(33,34)19-4-1-13(24)8-15(19)25)7-12(9-27-21)16-2-3-17-20(31-16)22(29-11-28-17)30-14-5-6-26-10-14/h1-4,7-9,11,14,26,32H,5-6,10H2,(H,28,29,30). The largest absolute Gasteiger partial charge is 0.364 e. The fraction of sp³-hybridized carbons (Fsp3) is 0.182. The van der Waals surface area contributed by atoms with E-state index in [4.69, 9.17) is 11.6 Å². The van der Waals surface area contributed by atoms with Gasteiger partial charge in [-0.05, 0) is 43.3 Å². The minimum Gasteiger partial charge on any atom is -0.364 e. The van der Waals surface area contributed by atoms with Crippen molar-refractivity contribution in [2.24, 2.45) is 0 Å². The lowest BCUT2D eigenvalue weighted by atomic mass is 10.1. The molecule has 0 spiro atoms. The first-order valence-corrected chi connectivity index (χ1v) is 12.4. The number of nitrogens with zero attached hydrogens (tertiary/aromatic N) is 4. The Balaban J connectivity index is 1.49. The zero-order valence-corrected chi connectivity index (χ0v) is 19.5. The first-order chi connectivity index (χ1) is 16.8. The van der Waals surface area contributed by atoms with Crippen LogP contribution in [0, 0.1) is 11.6 Å². The molecule has 5 rings (SSSR count). The molecule has 3 aromatic heterocycles. The van der Waals surface area contributed by atoms with Crippen LogP contribution in [-0.2, 0) is 10.0 Å². The van der Waals surface area contributed by atoms with Gasteiger partial charge in [0.25, 0.3) is 10.0 Å². The van der Waals surface area contributed by atoms with Gasteiger partial charge in [-0.2, -0.15) is 0 Å². The summed E-state index contributed by atoms with van der Waals surface area (Å²) in [6.07, 6.45) is 3.84. The summed E-state index contributed by atoms with van der Waals surface area (Å²) in [6.45, 7) is 1.72. The van der Waals surface area contributed by atoms with Crippen LogP contribution in [0.3, 0.4) is 0 Å². The Hall–Kier alpha value is -3.48. The van der Waals surface area contributed by atoms with Crippen LogP contribution in [0.25, 0.3) is 22.3 Å². The summed E-state index contributed by atoms with van der Waals surface area (Å²) in [4.78, 5) is 16.6. The van der Waals surface area contributed by atoms with Gasteiger partial charge in [-0.25, -0.2) is 37.1 Å². The molecule has 1 aromatic carbocycles. The van der Waals surface area contributed by atoms with Crippen molar-refractivity contribution in [3.63, 3.8) is 0 Å². The molecule has 4 heterocycles. The van der Waals surface area contributed by atoms with Crippen LogP contribution in [0.5, 0.6) is 0 Å². The molecule has 0 amide bonds. The van der Waals surface area contributed by atoms with E-state index in [1.807, 2.05) is 0 Å². The second kappa shape index (κ2) is 9.29. The van der Waals surface area contributed by atoms with E-state index in [-0.39, 0.29) is 16.9 Å². The highest BCUT2D eigenvalue weighted by Crippen LogP contribution is 2.30. The van der Waals surface area contributed by atoms with Gasteiger partial charge in [0, 0.05) is 30.4 Å². The van der Waals surface area contributed by atoms with Gasteiger partial charge in [0.05, 0.1) is 16.9 Å². The Kier molecular flexibility index (Phi) is 6.17. The molecule has 35 heavy (non-hydrogen) atoms. The lowest BCUT2D eigenvalue weighted by Crippen LogP contribution is -2.23. The van der Waals surface area contributed by atoms with E-state index in [9.17, 15) is 17.2 Å². The highest BCUT2D eigenvalue weighted by atomic mass is 35.5. The van der Waals surface area contributed by atoms with Crippen LogP contribution in [0.15, 0.2) is 53.8 Å². The Morgan fingerprint density at radius 2 is 1.94 bits per heavy atom. The molecule has 0 bridgehead atoms. The maximum atomic E-state index is 14.1. The molecule has 4 aromatic rings. The number of pyridine rings is 2. The number of hydrogen-bond donors (Lipinski definition) is 3. The molecule has 0 aliphatic carbocycles. The number of halogens is 3. The summed E-state index contributed by atoms with van der Waals surface area (Å²) in [5.74, 6) is -1.54. The molecule has 9 nitrogen and oxygen atoms in total. The van der Waals surface area contributed by atoms with Gasteiger partial charge < -0.3 is 10.6 Å². The van der Waals surface area contributed by atoms with Gasteiger partial charge >= 0.3 is 0 Å². The van der Waals surface area contributed by atoms with Crippen molar-refractivity contribution in [2.75, 3.05) is 23.1 Å². The Morgan fingerprint density at radius 1 is 1.09 bits per heavy atom. The van der Waals surface area contributed by atoms with Crippen molar-refractivity contribution < 1.29 is 17.2 Å². The van der Waals surface area contributed by atoms with Gasteiger partial charge in [0.15, 0.2) is 11.0 Å². The number of anilines is 2. The number of aromatic nitrogens is 4. The van der Waals surface area contributed by atoms with Gasteiger partial charge in [-0.1, -0.05) is 11.6 Å². The van der Waals surface area contributed by atoms with E-state index < -0.39 is 26.6 Å². The molecule has 0 saturated carbocycles. The predicted octanol–water partition coefficient (Wildman–Crippen LogP) is 3.59. The number of nitrogens with one attached hydrogen (secondary N) is 3. The van der Waals surface area contributed by atoms with Crippen LogP contribution in [0.2, 0.25) is 5.15 Å². The molecule has 1 unspecified atom stereocenters. The lowest BCUT2D eigenvalue weighted by Gasteiger charge is -2.14. The van der Waals surface area contributed by atoms with Crippen LogP contribution in [-0.4, -0.2) is 47.5 Å². The molecule has 13 heteroatoms. The average Bonchev–Trinajstić information content (AvgIpc) is 3.33. The number of fused-ring (bicyclic) bond motifs is 1. The van der Waals surface area contributed by atoms with Gasteiger partial charge in [-0.3, -0.25) is 4.72 Å². The van der Waals surface area contributed by atoms with Gasteiger partial charge in [0.1, 0.15) is 28.4 Å². The smallest absolute Gasteiger partial charge is 0.264 e. The average molecular weight is 518 g/mol. The van der Waals surface area contributed by atoms with Crippen LogP contribution in [0.4, 0.5) is 20.3 Å². The third-order valence-electron chi connectivity index (χ3n) is 5.45. The molecule has 3 N–H and O–H groups in total. The first-order valence-electron chi connectivity index (χ1n) is 10.5. The maximum Gasteiger partial charge on any atom is 0.264 e. The molecule has 180 valence electrons. The van der Waals surface area contributed by atoms with Crippen LogP contribution < -0.4 is 15.4 Å². The van der Waals surface area contributed by atoms with Gasteiger partial charge in [-0.15, -0.1) is 0 Å². The van der Waals surface area contributed by atoms with Crippen LogP contribution in [0.1, 0.15) is 6.42 Å². The van der Waals surface area contributed by atoms with Crippen molar-refractivity contribution in [2.45, 2.75) is 17.4 Å². The van der Waals surface area contributed by atoms with Crippen molar-refractivity contribution in [1.29, 1.82) is 0 Å². The van der Waals surface area contributed by atoms with Crippen LogP contribution >= 0.6 is 11.6 Å². The highest BCUT2D eigenvalue weighted by molar-refractivity contribution is 7.92. The Labute approximate surface area is 204 Å². The molecule has 1 fully saturated rings. The molecular weight excluding hydrogens is 500 g/mol. The van der Waals surface area contributed by atoms with E-state index in [1.54, 1.807) is 12.1 Å². The van der Waals surface area contributed by atoms with E-state index in [2.05, 4.69) is 35.3 Å². The summed E-state index contributed by atoms with van der Waals surface area (Å²) in [6, 6.07) is 7.28. The van der Waals surface area contributed by atoms with Crippen molar-refractivity contribution in [3.05, 3.63) is 65.7 Å². The third-order valence-corrected chi connectivity index (χ3v) is 7.15. The van der Waals surface area contributed by atoms with Crippen molar-refractivity contribution in [1.82, 2.24) is 25.3 Å². The molecule has 1 aliphatic rings. The number of rotatable bonds is 6. The number of benzene rings is 1. The zero-order chi connectivity index (χ0) is 24.6. The number of sulfonamides is 1.